The molecule has 0 aliphatic carbocycles. The maximum atomic E-state index is 10.8. The molecule has 0 bridgehead atoms. The molecule has 1 aromatic rings. The Balaban J connectivity index is 1.94. The van der Waals surface area contributed by atoms with Crippen molar-refractivity contribution in [2.75, 3.05) is 18.8 Å². The van der Waals surface area contributed by atoms with Gasteiger partial charge in [-0.25, -0.2) is 4.79 Å². The van der Waals surface area contributed by atoms with Crippen molar-refractivity contribution in [1.82, 2.24) is 14.7 Å². The zero-order valence-corrected chi connectivity index (χ0v) is 9.91. The molecule has 6 heteroatoms. The van der Waals surface area contributed by atoms with Gasteiger partial charge >= 0.3 is 6.09 Å². The average molecular weight is 238 g/mol. The van der Waals surface area contributed by atoms with Crippen LogP contribution in [0.2, 0.25) is 0 Å². The Bertz CT molecular complexity index is 396. The maximum Gasteiger partial charge on any atom is 0.407 e. The Morgan fingerprint density at radius 3 is 2.71 bits per heavy atom. The summed E-state index contributed by atoms with van der Waals surface area (Å²) < 4.78 is 1.87. The lowest BCUT2D eigenvalue weighted by atomic mass is 9.90. The topological polar surface area (TPSA) is 84.4 Å². The zero-order chi connectivity index (χ0) is 12.4. The molecule has 0 spiro atoms. The van der Waals surface area contributed by atoms with Crippen LogP contribution in [0.15, 0.2) is 12.4 Å². The summed E-state index contributed by atoms with van der Waals surface area (Å²) in [5.74, 6) is 0.463. The molecule has 1 aliphatic heterocycles. The lowest BCUT2D eigenvalue weighted by Crippen LogP contribution is -2.39. The second kappa shape index (κ2) is 4.65. The summed E-state index contributed by atoms with van der Waals surface area (Å²) in [6, 6.07) is 0.267. The van der Waals surface area contributed by atoms with E-state index in [2.05, 4.69) is 12.0 Å². The summed E-state index contributed by atoms with van der Waals surface area (Å²) in [5.41, 5.74) is 6.30. The van der Waals surface area contributed by atoms with Gasteiger partial charge in [0.15, 0.2) is 0 Å². The lowest BCUT2D eigenvalue weighted by Gasteiger charge is -2.33. The van der Waals surface area contributed by atoms with Crippen LogP contribution in [-0.4, -0.2) is 39.0 Å². The molecule has 1 saturated heterocycles. The number of piperidine rings is 1. The highest BCUT2D eigenvalue weighted by Crippen LogP contribution is 2.28. The molecular weight excluding hydrogens is 220 g/mol. The minimum Gasteiger partial charge on any atom is -0.465 e. The van der Waals surface area contributed by atoms with E-state index in [-0.39, 0.29) is 6.04 Å². The third-order valence-corrected chi connectivity index (χ3v) is 3.53. The first-order valence-electron chi connectivity index (χ1n) is 5.85. The fourth-order valence-corrected chi connectivity index (χ4v) is 2.36. The van der Waals surface area contributed by atoms with Crippen molar-refractivity contribution < 1.29 is 9.90 Å². The predicted octanol–water partition coefficient (Wildman–Crippen LogP) is 1.42. The summed E-state index contributed by atoms with van der Waals surface area (Å²) in [5, 5.41) is 13.1. The average Bonchev–Trinajstić information content (AvgIpc) is 2.75. The molecule has 0 aromatic carbocycles. The molecule has 0 radical (unpaired) electrons. The van der Waals surface area contributed by atoms with E-state index in [4.69, 9.17) is 10.8 Å². The summed E-state index contributed by atoms with van der Waals surface area (Å²) >= 11 is 0. The van der Waals surface area contributed by atoms with Crippen molar-refractivity contribution in [3.63, 3.8) is 0 Å². The van der Waals surface area contributed by atoms with Crippen LogP contribution in [0.5, 0.6) is 0 Å². The highest BCUT2D eigenvalue weighted by molar-refractivity contribution is 5.64. The molecule has 94 valence electrons. The largest absolute Gasteiger partial charge is 0.465 e. The molecule has 6 nitrogen and oxygen atoms in total. The Kier molecular flexibility index (Phi) is 3.21. The van der Waals surface area contributed by atoms with Crippen LogP contribution in [-0.2, 0) is 0 Å². The van der Waals surface area contributed by atoms with Crippen molar-refractivity contribution in [2.45, 2.75) is 25.8 Å². The summed E-state index contributed by atoms with van der Waals surface area (Å²) in [6.45, 7) is 3.33. The summed E-state index contributed by atoms with van der Waals surface area (Å²) in [7, 11) is 0. The first-order chi connectivity index (χ1) is 8.08. The van der Waals surface area contributed by atoms with Gasteiger partial charge in [-0.3, -0.25) is 4.68 Å². The number of rotatable bonds is 2. The van der Waals surface area contributed by atoms with Gasteiger partial charge < -0.3 is 15.7 Å². The number of aromatic nitrogens is 2. The number of likely N-dealkylation sites (tertiary alicyclic amines) is 1. The highest BCUT2D eigenvalue weighted by atomic mass is 16.4. The Hall–Kier alpha value is -1.72. The van der Waals surface area contributed by atoms with Gasteiger partial charge in [0.2, 0.25) is 0 Å². The van der Waals surface area contributed by atoms with Crippen LogP contribution in [0.4, 0.5) is 10.5 Å². The van der Waals surface area contributed by atoms with E-state index in [1.165, 1.54) is 4.90 Å². The molecular formula is C11H18N4O2. The second-order valence-corrected chi connectivity index (χ2v) is 4.60. The van der Waals surface area contributed by atoms with Crippen LogP contribution in [0.3, 0.4) is 0 Å². The van der Waals surface area contributed by atoms with Crippen molar-refractivity contribution >= 4 is 11.8 Å². The van der Waals surface area contributed by atoms with Gasteiger partial charge in [0, 0.05) is 19.3 Å². The van der Waals surface area contributed by atoms with Crippen LogP contribution in [0, 0.1) is 5.92 Å². The van der Waals surface area contributed by atoms with E-state index in [1.54, 1.807) is 6.20 Å². The third kappa shape index (κ3) is 2.51. The van der Waals surface area contributed by atoms with E-state index >= 15 is 0 Å². The van der Waals surface area contributed by atoms with Gasteiger partial charge in [0.25, 0.3) is 0 Å². The Morgan fingerprint density at radius 2 is 2.24 bits per heavy atom. The second-order valence-electron chi connectivity index (χ2n) is 4.60. The van der Waals surface area contributed by atoms with E-state index in [1.807, 2.05) is 10.9 Å². The fourth-order valence-electron chi connectivity index (χ4n) is 2.36. The Morgan fingerprint density at radius 1 is 1.59 bits per heavy atom. The van der Waals surface area contributed by atoms with Gasteiger partial charge in [0.05, 0.1) is 17.9 Å². The lowest BCUT2D eigenvalue weighted by molar-refractivity contribution is 0.114. The third-order valence-electron chi connectivity index (χ3n) is 3.53. The number of hydrogen-bond donors (Lipinski definition) is 2. The highest BCUT2D eigenvalue weighted by Gasteiger charge is 2.27. The van der Waals surface area contributed by atoms with Crippen molar-refractivity contribution in [3.05, 3.63) is 12.4 Å². The van der Waals surface area contributed by atoms with Crippen molar-refractivity contribution in [1.29, 1.82) is 0 Å². The van der Waals surface area contributed by atoms with Crippen molar-refractivity contribution in [2.24, 2.45) is 5.92 Å². The van der Waals surface area contributed by atoms with E-state index in [0.717, 1.165) is 12.8 Å². The maximum absolute atomic E-state index is 10.8. The van der Waals surface area contributed by atoms with E-state index in [0.29, 0.717) is 24.7 Å². The molecule has 1 aromatic heterocycles. The van der Waals surface area contributed by atoms with Gasteiger partial charge in [-0.2, -0.15) is 5.10 Å². The van der Waals surface area contributed by atoms with Crippen LogP contribution >= 0.6 is 0 Å². The van der Waals surface area contributed by atoms with Gasteiger partial charge in [0.1, 0.15) is 0 Å². The predicted molar refractivity (Wildman–Crippen MR) is 63.7 cm³/mol. The van der Waals surface area contributed by atoms with E-state index in [9.17, 15) is 4.79 Å². The normalized spacial score (nSPS) is 19.2. The van der Waals surface area contributed by atoms with Crippen LogP contribution < -0.4 is 5.73 Å². The van der Waals surface area contributed by atoms with E-state index < -0.39 is 6.09 Å². The molecule has 0 saturated carbocycles. The molecule has 3 N–H and O–H groups in total. The molecule has 1 fully saturated rings. The number of nitrogens with zero attached hydrogens (tertiary/aromatic N) is 3. The number of hydrogen-bond acceptors (Lipinski definition) is 3. The molecule has 2 heterocycles. The number of anilines is 1. The van der Waals surface area contributed by atoms with Crippen LogP contribution in [0.25, 0.3) is 0 Å². The minimum atomic E-state index is -0.820. The van der Waals surface area contributed by atoms with Crippen LogP contribution in [0.1, 0.15) is 25.8 Å². The molecule has 2 rings (SSSR count). The quantitative estimate of drug-likeness (QED) is 0.816. The smallest absolute Gasteiger partial charge is 0.407 e. The number of nitrogens with two attached hydrogens (primary N) is 1. The SMILES string of the molecule is CC(C1CCN(C(=O)O)CC1)n1cc(N)cn1. The molecule has 1 unspecified atom stereocenters. The zero-order valence-electron chi connectivity index (χ0n) is 9.91. The van der Waals surface area contributed by atoms with Gasteiger partial charge in [-0.1, -0.05) is 0 Å². The molecule has 1 amide bonds. The molecule has 17 heavy (non-hydrogen) atoms. The first kappa shape index (κ1) is 11.8. The fraction of sp³-hybridized carbons (Fsp3) is 0.636. The first-order valence-corrected chi connectivity index (χ1v) is 5.85. The molecule has 1 atom stereocenters. The summed E-state index contributed by atoms with van der Waals surface area (Å²) in [6.07, 6.45) is 4.41. The number of amides is 1. The Labute approximate surface area is 100 Å². The molecule has 1 aliphatic rings. The monoisotopic (exact) mass is 238 g/mol. The standard InChI is InChI=1S/C11H18N4O2/c1-8(15-7-10(12)6-13-15)9-2-4-14(5-3-9)11(16)17/h6-9H,2-5,12H2,1H3,(H,16,17). The van der Waals surface area contributed by atoms with Gasteiger partial charge in [-0.05, 0) is 25.7 Å². The minimum absolute atomic E-state index is 0.267. The van der Waals surface area contributed by atoms with Crippen molar-refractivity contribution in [3.8, 4) is 0 Å². The number of nitrogen functional groups attached to an aromatic ring is 1. The van der Waals surface area contributed by atoms with Gasteiger partial charge in [-0.15, -0.1) is 0 Å². The number of carboxylic acid groups (broad SMARTS) is 1. The summed E-state index contributed by atoms with van der Waals surface area (Å²) in [4.78, 5) is 12.3. The number of carbonyl (C=O) groups is 1.